The van der Waals surface area contributed by atoms with Crippen molar-refractivity contribution in [2.24, 2.45) is 11.3 Å². The number of Topliss-reactive ketones (excluding diaryl/α,β-unsaturated/α-hetero) is 2. The van der Waals surface area contributed by atoms with E-state index in [-0.39, 0.29) is 22.9 Å². The van der Waals surface area contributed by atoms with Crippen LogP contribution in [0.25, 0.3) is 0 Å². The van der Waals surface area contributed by atoms with Crippen LogP contribution in [0, 0.1) is 11.3 Å². The van der Waals surface area contributed by atoms with Gasteiger partial charge in [-0.05, 0) is 0 Å². The maximum Gasteiger partial charge on any atom is 0.140 e. The Hall–Kier alpha value is -1.72. The summed E-state index contributed by atoms with van der Waals surface area (Å²) in [5.41, 5.74) is 0.424. The lowest BCUT2D eigenvalue weighted by Gasteiger charge is -2.16. The van der Waals surface area contributed by atoms with Gasteiger partial charge in [-0.3, -0.25) is 9.59 Å². The van der Waals surface area contributed by atoms with Crippen LogP contribution in [0.1, 0.15) is 53.2 Å². The van der Waals surface area contributed by atoms with Crippen LogP contribution >= 0.6 is 0 Å². The first-order chi connectivity index (χ1) is 16.2. The Morgan fingerprint density at radius 2 is 1.35 bits per heavy atom. The quantitative estimate of drug-likeness (QED) is 0.242. The predicted octanol–water partition coefficient (Wildman–Crippen LogP) is 2.48. The first kappa shape index (κ1) is 30.3. The van der Waals surface area contributed by atoms with E-state index < -0.39 is 0 Å². The smallest absolute Gasteiger partial charge is 0.140 e. The second-order valence-electron chi connectivity index (χ2n) is 9.27. The van der Waals surface area contributed by atoms with Crippen molar-refractivity contribution in [2.45, 2.75) is 60.6 Å². The Kier molecular flexibility index (Phi) is 15.8. The summed E-state index contributed by atoms with van der Waals surface area (Å²) in [6, 6.07) is 0. The van der Waals surface area contributed by atoms with E-state index in [4.69, 9.17) is 23.7 Å². The standard InChI is InChI=1S/C24H43N3O7/c1-20(2)22(28)6-9-30-12-14-32-11-8-27-18-21(25-26-27)19-34-17-16-33-15-13-31-10-7-23(29)24(3,4)5/h18,20H,6-17,19H2,1-5H3. The van der Waals surface area contributed by atoms with E-state index in [9.17, 15) is 9.59 Å². The third kappa shape index (κ3) is 15.2. The van der Waals surface area contributed by atoms with Crippen molar-refractivity contribution in [2.75, 3.05) is 59.5 Å². The lowest BCUT2D eigenvalue weighted by Crippen LogP contribution is -2.21. The zero-order valence-electron chi connectivity index (χ0n) is 21.5. The molecule has 0 spiro atoms. The molecule has 0 saturated carbocycles. The highest BCUT2D eigenvalue weighted by Crippen LogP contribution is 2.16. The zero-order valence-corrected chi connectivity index (χ0v) is 21.5. The van der Waals surface area contributed by atoms with E-state index in [0.29, 0.717) is 85.5 Å². The molecule has 0 atom stereocenters. The first-order valence-electron chi connectivity index (χ1n) is 12.0. The number of hydrogen-bond acceptors (Lipinski definition) is 9. The fourth-order valence-electron chi connectivity index (χ4n) is 2.61. The van der Waals surface area contributed by atoms with Gasteiger partial charge in [0.25, 0.3) is 0 Å². The molecular formula is C24H43N3O7. The molecule has 0 fully saturated rings. The molecule has 0 aromatic carbocycles. The third-order valence-electron chi connectivity index (χ3n) is 4.86. The summed E-state index contributed by atoms with van der Waals surface area (Å²) in [4.78, 5) is 23.3. The van der Waals surface area contributed by atoms with Crippen molar-refractivity contribution >= 4 is 11.6 Å². The fraction of sp³-hybridized carbons (Fsp3) is 0.833. The molecule has 196 valence electrons. The van der Waals surface area contributed by atoms with Gasteiger partial charge in [0.15, 0.2) is 0 Å². The average molecular weight is 486 g/mol. The molecule has 10 heteroatoms. The Balaban J connectivity index is 1.93. The number of ether oxygens (including phenoxy) is 5. The number of ketones is 2. The Labute approximate surface area is 203 Å². The molecule has 10 nitrogen and oxygen atoms in total. The summed E-state index contributed by atoms with van der Waals surface area (Å²) in [6.07, 6.45) is 2.70. The zero-order chi connectivity index (χ0) is 25.2. The molecular weight excluding hydrogens is 442 g/mol. The number of nitrogens with zero attached hydrogens (tertiary/aromatic N) is 3. The van der Waals surface area contributed by atoms with Gasteiger partial charge in [0.2, 0.25) is 0 Å². The number of hydrogen-bond donors (Lipinski definition) is 0. The van der Waals surface area contributed by atoms with Gasteiger partial charge in [0.05, 0.1) is 78.8 Å². The minimum atomic E-state index is -0.317. The normalized spacial score (nSPS) is 11.9. The molecule has 0 N–H and O–H groups in total. The van der Waals surface area contributed by atoms with Crippen LogP contribution in [0.3, 0.4) is 0 Å². The van der Waals surface area contributed by atoms with Crippen LogP contribution in [-0.2, 0) is 46.4 Å². The molecule has 1 heterocycles. The Morgan fingerprint density at radius 1 is 0.824 bits per heavy atom. The van der Waals surface area contributed by atoms with Gasteiger partial charge in [-0.15, -0.1) is 5.10 Å². The summed E-state index contributed by atoms with van der Waals surface area (Å²) in [7, 11) is 0. The van der Waals surface area contributed by atoms with Crippen molar-refractivity contribution < 1.29 is 33.3 Å². The Bertz CT molecular complexity index is 686. The van der Waals surface area contributed by atoms with E-state index in [0.717, 1.165) is 5.69 Å². The van der Waals surface area contributed by atoms with Gasteiger partial charge in [-0.25, -0.2) is 4.68 Å². The van der Waals surface area contributed by atoms with Crippen LogP contribution in [0.15, 0.2) is 6.20 Å². The molecule has 0 saturated heterocycles. The van der Waals surface area contributed by atoms with Crippen LogP contribution < -0.4 is 0 Å². The molecule has 0 aliphatic carbocycles. The number of aromatic nitrogens is 3. The summed E-state index contributed by atoms with van der Waals surface area (Å²) < 4.78 is 29.0. The van der Waals surface area contributed by atoms with Crippen LogP contribution in [0.5, 0.6) is 0 Å². The van der Waals surface area contributed by atoms with Crippen molar-refractivity contribution in [3.63, 3.8) is 0 Å². The number of carbonyl (C=O) groups is 2. The number of carbonyl (C=O) groups excluding carboxylic acids is 2. The van der Waals surface area contributed by atoms with Gasteiger partial charge in [0.1, 0.15) is 17.3 Å². The minimum Gasteiger partial charge on any atom is -0.379 e. The average Bonchev–Trinajstić information content (AvgIpc) is 3.23. The highest BCUT2D eigenvalue weighted by atomic mass is 16.5. The minimum absolute atomic E-state index is 0.0550. The van der Waals surface area contributed by atoms with Gasteiger partial charge < -0.3 is 23.7 Å². The Morgan fingerprint density at radius 3 is 1.94 bits per heavy atom. The van der Waals surface area contributed by atoms with Crippen molar-refractivity contribution in [1.82, 2.24) is 15.0 Å². The predicted molar refractivity (Wildman–Crippen MR) is 126 cm³/mol. The summed E-state index contributed by atoms with van der Waals surface area (Å²) in [5, 5.41) is 8.12. The van der Waals surface area contributed by atoms with E-state index in [1.54, 1.807) is 4.68 Å². The van der Waals surface area contributed by atoms with Crippen molar-refractivity contribution in [3.8, 4) is 0 Å². The van der Waals surface area contributed by atoms with Crippen molar-refractivity contribution in [1.29, 1.82) is 0 Å². The van der Waals surface area contributed by atoms with Gasteiger partial charge >= 0.3 is 0 Å². The summed E-state index contributed by atoms with van der Waals surface area (Å²) >= 11 is 0. The molecule has 1 aromatic rings. The molecule has 0 bridgehead atoms. The monoisotopic (exact) mass is 485 g/mol. The SMILES string of the molecule is CC(C)C(=O)CCOCCOCCn1cc(COCCOCCOCCC(=O)C(C)(C)C)nn1. The van der Waals surface area contributed by atoms with Gasteiger partial charge in [-0.1, -0.05) is 39.8 Å². The van der Waals surface area contributed by atoms with Crippen LogP contribution in [-0.4, -0.2) is 86.0 Å². The molecule has 0 aliphatic heterocycles. The van der Waals surface area contributed by atoms with E-state index in [1.807, 2.05) is 40.8 Å². The van der Waals surface area contributed by atoms with Gasteiger partial charge in [-0.2, -0.15) is 0 Å². The number of rotatable bonds is 21. The molecule has 1 rings (SSSR count). The van der Waals surface area contributed by atoms with Crippen molar-refractivity contribution in [3.05, 3.63) is 11.9 Å². The van der Waals surface area contributed by atoms with E-state index in [2.05, 4.69) is 10.3 Å². The van der Waals surface area contributed by atoms with E-state index in [1.165, 1.54) is 0 Å². The molecule has 1 aromatic heterocycles. The fourth-order valence-corrected chi connectivity index (χ4v) is 2.61. The molecule has 0 unspecified atom stereocenters. The molecule has 0 amide bonds. The summed E-state index contributed by atoms with van der Waals surface area (Å²) in [6.45, 7) is 14.6. The van der Waals surface area contributed by atoms with Crippen LogP contribution in [0.2, 0.25) is 0 Å². The lowest BCUT2D eigenvalue weighted by atomic mass is 9.89. The highest BCUT2D eigenvalue weighted by Gasteiger charge is 2.20. The third-order valence-corrected chi connectivity index (χ3v) is 4.86. The summed E-state index contributed by atoms with van der Waals surface area (Å²) in [5.74, 6) is 0.467. The van der Waals surface area contributed by atoms with E-state index >= 15 is 0 Å². The highest BCUT2D eigenvalue weighted by molar-refractivity contribution is 5.83. The lowest BCUT2D eigenvalue weighted by molar-refractivity contribution is -0.127. The second-order valence-corrected chi connectivity index (χ2v) is 9.27. The first-order valence-corrected chi connectivity index (χ1v) is 12.0. The maximum atomic E-state index is 11.8. The maximum absolute atomic E-state index is 11.8. The molecule has 0 radical (unpaired) electrons. The molecule has 0 aliphatic rings. The van der Waals surface area contributed by atoms with Gasteiger partial charge in [0, 0.05) is 24.2 Å². The topological polar surface area (TPSA) is 111 Å². The second kappa shape index (κ2) is 17.7. The largest absolute Gasteiger partial charge is 0.379 e. The molecule has 34 heavy (non-hydrogen) atoms. The van der Waals surface area contributed by atoms with Crippen LogP contribution in [0.4, 0.5) is 0 Å².